The average molecular weight is 731 g/mol. The van der Waals surface area contributed by atoms with Crippen molar-refractivity contribution in [3.05, 3.63) is 83.3 Å². The predicted molar refractivity (Wildman–Crippen MR) is 187 cm³/mol. The number of benzene rings is 2. The lowest BCUT2D eigenvalue weighted by molar-refractivity contribution is -0.138. The highest BCUT2D eigenvalue weighted by Gasteiger charge is 2.62. The van der Waals surface area contributed by atoms with Crippen LogP contribution in [0.3, 0.4) is 0 Å². The molecule has 5 rings (SSSR count). The number of nitrogens with one attached hydrogen (secondary N) is 1. The second-order valence-electron chi connectivity index (χ2n) is 11.2. The number of carbonyl (C=O) groups excluding carboxylic acids is 5. The Morgan fingerprint density at radius 3 is 1.77 bits per heavy atom. The number of fused-ring (bicyclic) bond motifs is 3. The monoisotopic (exact) mass is 730 g/mol. The van der Waals surface area contributed by atoms with Crippen LogP contribution in [-0.4, -0.2) is 68.0 Å². The molecule has 0 saturated heterocycles. The van der Waals surface area contributed by atoms with Crippen molar-refractivity contribution in [3.63, 3.8) is 0 Å². The smallest absolute Gasteiger partial charge is 0.345 e. The second kappa shape index (κ2) is 13.2. The lowest BCUT2D eigenvalue weighted by Crippen LogP contribution is -2.55. The minimum Gasteiger partial charge on any atom is -0.466 e. The molecule has 48 heavy (non-hydrogen) atoms. The van der Waals surface area contributed by atoms with Crippen molar-refractivity contribution in [2.45, 2.75) is 37.3 Å². The molecule has 1 N–H and O–H groups in total. The van der Waals surface area contributed by atoms with Crippen LogP contribution in [0.5, 0.6) is 0 Å². The van der Waals surface area contributed by atoms with Crippen LogP contribution in [0.1, 0.15) is 30.5 Å². The van der Waals surface area contributed by atoms with Gasteiger partial charge in [0, 0.05) is 26.8 Å². The third-order valence-electron chi connectivity index (χ3n) is 8.05. The van der Waals surface area contributed by atoms with Crippen molar-refractivity contribution in [1.29, 1.82) is 0 Å². The molecule has 0 bridgehead atoms. The number of carbonyl (C=O) groups is 5. The number of anilines is 2. The molecule has 252 valence electrons. The molecule has 0 atom stereocenters. The van der Waals surface area contributed by atoms with E-state index >= 15 is 0 Å². The van der Waals surface area contributed by atoms with Crippen molar-refractivity contribution in [1.82, 2.24) is 0 Å². The second-order valence-corrected chi connectivity index (χ2v) is 15.4. The van der Waals surface area contributed by atoms with Gasteiger partial charge in [0.1, 0.15) is 18.8 Å². The number of methoxy groups -OCH3 is 4. The minimum absolute atomic E-state index is 0.121. The van der Waals surface area contributed by atoms with Gasteiger partial charge in [-0.25, -0.2) is 24.0 Å². The molecule has 0 unspecified atom stereocenters. The molecule has 2 aromatic rings. The Morgan fingerprint density at radius 1 is 0.750 bits per heavy atom. The lowest BCUT2D eigenvalue weighted by atomic mass is 9.82. The number of rotatable bonds is 5. The van der Waals surface area contributed by atoms with Crippen molar-refractivity contribution in [2.75, 3.05) is 38.7 Å². The molecule has 15 heteroatoms. The fourth-order valence-electron chi connectivity index (χ4n) is 5.65. The summed E-state index contributed by atoms with van der Waals surface area (Å²) < 4.78 is 18.8. The van der Waals surface area contributed by atoms with E-state index in [0.29, 0.717) is 32.4 Å². The van der Waals surface area contributed by atoms with Crippen LogP contribution in [0.15, 0.2) is 61.6 Å². The van der Waals surface area contributed by atoms with Gasteiger partial charge in [-0.3, -0.25) is 4.90 Å². The van der Waals surface area contributed by atoms with Gasteiger partial charge in [-0.2, -0.15) is 0 Å². The van der Waals surface area contributed by atoms with E-state index in [1.54, 1.807) is 43.0 Å². The predicted octanol–water partition coefficient (Wildman–Crippen LogP) is 6.58. The van der Waals surface area contributed by atoms with E-state index in [-0.39, 0.29) is 20.3 Å². The van der Waals surface area contributed by atoms with Crippen molar-refractivity contribution < 1.29 is 42.9 Å². The van der Waals surface area contributed by atoms with E-state index in [1.807, 2.05) is 26.0 Å². The van der Waals surface area contributed by atoms with Crippen LogP contribution >= 0.6 is 46.9 Å². The van der Waals surface area contributed by atoms with Crippen LogP contribution in [0.4, 0.5) is 16.2 Å². The first-order valence-electron chi connectivity index (χ1n) is 14.3. The number of esters is 4. The zero-order valence-corrected chi connectivity index (χ0v) is 30.4. The molecule has 0 radical (unpaired) electrons. The summed E-state index contributed by atoms with van der Waals surface area (Å²) in [6.45, 7) is 7.43. The highest BCUT2D eigenvalue weighted by atomic mass is 35.5. The number of ether oxygens (including phenoxy) is 4. The van der Waals surface area contributed by atoms with E-state index < -0.39 is 39.5 Å². The molecule has 0 aliphatic carbocycles. The van der Waals surface area contributed by atoms with E-state index in [1.165, 1.54) is 28.4 Å². The molecule has 11 nitrogen and oxygen atoms in total. The van der Waals surface area contributed by atoms with Crippen molar-refractivity contribution in [3.8, 4) is 0 Å². The molecule has 3 aliphatic rings. The summed E-state index contributed by atoms with van der Waals surface area (Å²) in [5.41, 5.74) is 2.42. The van der Waals surface area contributed by atoms with Crippen molar-refractivity contribution >= 4 is 93.7 Å². The summed E-state index contributed by atoms with van der Waals surface area (Å²) >= 11 is 8.79. The normalized spacial score (nSPS) is 17.5. The number of hydrogen-bond donors (Lipinski definition) is 1. The maximum absolute atomic E-state index is 14.3. The summed E-state index contributed by atoms with van der Waals surface area (Å²) in [4.78, 5) is 69.8. The minimum atomic E-state index is -1.67. The van der Waals surface area contributed by atoms with E-state index in [4.69, 9.17) is 30.5 Å². The first-order chi connectivity index (χ1) is 22.7. The Labute approximate surface area is 294 Å². The molecule has 3 aliphatic heterocycles. The standard InChI is InChI=1S/C33H31ClN2O9S3/c1-15-13-19-20(14-16(15)2)36(31(41)35-18-11-9-17(34)10-12-18)32(3,4)26-21(19)33(22(27(37)42-5)23(46-26)28(38)43-6)47-24(29(39)44-7)25(48-33)30(40)45-8/h9-14H,1-8H3,(H,35,41). The average Bonchev–Trinajstić information content (AvgIpc) is 3.45. The summed E-state index contributed by atoms with van der Waals surface area (Å²) in [7, 11) is 4.68. The summed E-state index contributed by atoms with van der Waals surface area (Å²) in [5.74, 6) is -3.41. The summed E-state index contributed by atoms with van der Waals surface area (Å²) in [6.07, 6.45) is 0. The largest absolute Gasteiger partial charge is 0.466 e. The number of hydrogen-bond acceptors (Lipinski definition) is 12. The first kappa shape index (κ1) is 35.5. The van der Waals surface area contributed by atoms with Crippen LogP contribution in [-0.2, 0) is 38.1 Å². The van der Waals surface area contributed by atoms with Gasteiger partial charge in [-0.05, 0) is 75.2 Å². The van der Waals surface area contributed by atoms with Crippen molar-refractivity contribution in [2.24, 2.45) is 0 Å². The molecule has 3 heterocycles. The van der Waals surface area contributed by atoms with Crippen LogP contribution in [0.2, 0.25) is 5.02 Å². The van der Waals surface area contributed by atoms with Gasteiger partial charge in [0.05, 0.1) is 45.2 Å². The van der Waals surface area contributed by atoms with E-state index in [2.05, 4.69) is 5.32 Å². The van der Waals surface area contributed by atoms with Crippen LogP contribution in [0.25, 0.3) is 5.57 Å². The van der Waals surface area contributed by atoms with Gasteiger partial charge in [0.15, 0.2) is 0 Å². The molecule has 0 saturated carbocycles. The van der Waals surface area contributed by atoms with E-state index in [0.717, 1.165) is 46.4 Å². The number of nitrogens with zero attached hydrogens (tertiary/aromatic N) is 1. The zero-order valence-electron chi connectivity index (χ0n) is 27.2. The van der Waals surface area contributed by atoms with Crippen LogP contribution < -0.4 is 10.2 Å². The maximum atomic E-state index is 14.3. The highest BCUT2D eigenvalue weighted by Crippen LogP contribution is 2.71. The summed E-state index contributed by atoms with van der Waals surface area (Å²) in [6, 6.07) is 9.93. The third kappa shape index (κ3) is 5.67. The molecule has 1 spiro atoms. The Kier molecular flexibility index (Phi) is 9.77. The van der Waals surface area contributed by atoms with Gasteiger partial charge in [0.2, 0.25) is 0 Å². The zero-order chi connectivity index (χ0) is 35.3. The van der Waals surface area contributed by atoms with Gasteiger partial charge < -0.3 is 24.3 Å². The van der Waals surface area contributed by atoms with Gasteiger partial charge >= 0.3 is 29.9 Å². The number of thioether (sulfide) groups is 3. The maximum Gasteiger partial charge on any atom is 0.345 e. The van der Waals surface area contributed by atoms with Gasteiger partial charge in [-0.15, -0.1) is 0 Å². The highest BCUT2D eigenvalue weighted by molar-refractivity contribution is 8.26. The topological polar surface area (TPSA) is 138 Å². The fraction of sp³-hybridized carbons (Fsp3) is 0.303. The lowest BCUT2D eigenvalue weighted by Gasteiger charge is -2.50. The molecule has 0 fully saturated rings. The fourth-order valence-corrected chi connectivity index (χ4v) is 10.8. The Hall–Kier alpha value is -3.85. The number of amides is 2. The number of urea groups is 1. The SMILES string of the molecule is COC(=O)C1=C(C(=O)OC)SC2(S1)C(C(=O)OC)=C(C(=O)OC)SC1=C2c2cc(C)c(C)cc2N(C(=O)Nc2ccc(Cl)cc2)C1(C)C. The van der Waals surface area contributed by atoms with Gasteiger partial charge in [0.25, 0.3) is 0 Å². The number of aryl methyl sites for hydroxylation is 2. The summed E-state index contributed by atoms with van der Waals surface area (Å²) in [5, 5.41) is 3.45. The molecular weight excluding hydrogens is 700 g/mol. The molecule has 0 aromatic heterocycles. The third-order valence-corrected chi connectivity index (χ3v) is 13.0. The molecular formula is C33H31ClN2O9S3. The van der Waals surface area contributed by atoms with Crippen LogP contribution in [0, 0.1) is 13.8 Å². The Balaban J connectivity index is 1.86. The molecule has 2 amide bonds. The van der Waals surface area contributed by atoms with Gasteiger partial charge in [-0.1, -0.05) is 46.9 Å². The Morgan fingerprint density at radius 2 is 1.25 bits per heavy atom. The quantitative estimate of drug-likeness (QED) is 0.263. The number of halogens is 1. The first-order valence-corrected chi connectivity index (χ1v) is 17.1. The van der Waals surface area contributed by atoms with E-state index in [9.17, 15) is 24.0 Å². The molecule has 2 aromatic carbocycles. The Bertz CT molecular complexity index is 1850.